The number of rotatable bonds is 3. The van der Waals surface area contributed by atoms with Gasteiger partial charge in [-0.2, -0.15) is 0 Å². The second kappa shape index (κ2) is 11.1. The summed E-state index contributed by atoms with van der Waals surface area (Å²) in [6.45, 7) is 3.07. The number of aliphatic hydroxyl groups is 1. The summed E-state index contributed by atoms with van der Waals surface area (Å²) in [5.41, 5.74) is 0. The Morgan fingerprint density at radius 3 is 2.39 bits per heavy atom. The monoisotopic (exact) mass is 242 g/mol. The summed E-state index contributed by atoms with van der Waals surface area (Å²) in [4.78, 5) is 10.5. The average molecular weight is 242 g/mol. The number of esters is 1. The first kappa shape index (κ1) is 15.6. The maximum atomic E-state index is 10.5. The van der Waals surface area contributed by atoms with Crippen molar-refractivity contribution in [2.45, 2.75) is 20.0 Å². The van der Waals surface area contributed by atoms with Gasteiger partial charge in [-0.15, -0.1) is 0 Å². The van der Waals surface area contributed by atoms with Crippen molar-refractivity contribution >= 4 is 5.97 Å². The van der Waals surface area contributed by atoms with E-state index in [9.17, 15) is 9.90 Å². The Bertz CT molecular complexity index is 493. The molecule has 0 radical (unpaired) electrons. The molecule has 3 heteroatoms. The van der Waals surface area contributed by atoms with Gasteiger partial charge < -0.3 is 9.84 Å². The molecular formula is C15H14O3. The fourth-order valence-corrected chi connectivity index (χ4v) is 0.719. The minimum Gasteiger partial charge on any atom is -0.463 e. The second-order valence-corrected chi connectivity index (χ2v) is 3.02. The smallest absolute Gasteiger partial charge is 0.302 e. The summed E-state index contributed by atoms with van der Waals surface area (Å²) >= 11 is 0. The third kappa shape index (κ3) is 11.7. The first-order valence-corrected chi connectivity index (χ1v) is 5.27. The molecule has 0 fully saturated rings. The summed E-state index contributed by atoms with van der Waals surface area (Å²) in [5, 5.41) is 9.30. The van der Waals surface area contributed by atoms with Crippen LogP contribution in [0.15, 0.2) is 24.3 Å². The normalized spacial score (nSPS) is 10.6. The van der Waals surface area contributed by atoms with Gasteiger partial charge in [-0.05, 0) is 48.8 Å². The topological polar surface area (TPSA) is 46.5 Å². The lowest BCUT2D eigenvalue weighted by Gasteiger charge is -2.03. The first-order valence-electron chi connectivity index (χ1n) is 5.27. The summed E-state index contributed by atoms with van der Waals surface area (Å²) in [7, 11) is 0. The van der Waals surface area contributed by atoms with E-state index in [0.717, 1.165) is 0 Å². The minimum absolute atomic E-state index is 0.0754. The van der Waals surface area contributed by atoms with Gasteiger partial charge in [0.1, 0.15) is 12.7 Å². The van der Waals surface area contributed by atoms with Crippen LogP contribution in [0.3, 0.4) is 0 Å². The van der Waals surface area contributed by atoms with Crippen molar-refractivity contribution < 1.29 is 14.6 Å². The molecule has 0 heterocycles. The number of ether oxygens (including phenoxy) is 1. The summed E-state index contributed by atoms with van der Waals surface area (Å²) in [6.07, 6.45) is 5.51. The maximum Gasteiger partial charge on any atom is 0.302 e. The molecule has 0 aromatic carbocycles. The third-order valence-corrected chi connectivity index (χ3v) is 1.44. The van der Waals surface area contributed by atoms with Crippen molar-refractivity contribution in [2.75, 3.05) is 6.61 Å². The Hall–Kier alpha value is -2.41. The standard InChI is InChI=1S/C15H14O3/c1-3-4-5-6-7-8-9-10-11-12-15(17)13-18-14(2)16/h3-4,11-12,15,17H,13H2,1-2H3/b4-3+,12-11+/t15-/m0/s1. The molecule has 18 heavy (non-hydrogen) atoms. The Morgan fingerprint density at radius 1 is 1.22 bits per heavy atom. The minimum atomic E-state index is -0.856. The van der Waals surface area contributed by atoms with E-state index < -0.39 is 12.1 Å². The van der Waals surface area contributed by atoms with Gasteiger partial charge in [-0.25, -0.2) is 0 Å². The summed E-state index contributed by atoms with van der Waals surface area (Å²) in [6, 6.07) is 0. The van der Waals surface area contributed by atoms with Crippen LogP contribution in [0.1, 0.15) is 13.8 Å². The summed E-state index contributed by atoms with van der Waals surface area (Å²) in [5.74, 6) is 15.1. The second-order valence-electron chi connectivity index (χ2n) is 3.02. The molecule has 0 bridgehead atoms. The van der Waals surface area contributed by atoms with E-state index in [1.807, 2.05) is 13.0 Å². The molecule has 0 saturated carbocycles. The fourth-order valence-electron chi connectivity index (χ4n) is 0.719. The van der Waals surface area contributed by atoms with Gasteiger partial charge in [-0.3, -0.25) is 4.79 Å². The molecule has 0 spiro atoms. The molecule has 92 valence electrons. The van der Waals surface area contributed by atoms with Crippen LogP contribution in [-0.2, 0) is 9.53 Å². The van der Waals surface area contributed by atoms with Crippen molar-refractivity contribution in [2.24, 2.45) is 0 Å². The van der Waals surface area contributed by atoms with Crippen LogP contribution in [0, 0.1) is 35.5 Å². The van der Waals surface area contributed by atoms with Crippen molar-refractivity contribution in [1.82, 2.24) is 0 Å². The van der Waals surface area contributed by atoms with Crippen molar-refractivity contribution in [1.29, 1.82) is 0 Å². The summed E-state index contributed by atoms with van der Waals surface area (Å²) < 4.78 is 4.60. The average Bonchev–Trinajstić information content (AvgIpc) is 2.34. The van der Waals surface area contributed by atoms with Gasteiger partial charge >= 0.3 is 5.97 Å². The van der Waals surface area contributed by atoms with Gasteiger partial charge in [0, 0.05) is 6.92 Å². The van der Waals surface area contributed by atoms with Crippen LogP contribution in [0.2, 0.25) is 0 Å². The highest BCUT2D eigenvalue weighted by atomic mass is 16.5. The lowest BCUT2D eigenvalue weighted by molar-refractivity contribution is -0.143. The van der Waals surface area contributed by atoms with Crippen LogP contribution in [0.5, 0.6) is 0 Å². The Kier molecular flexibility index (Phi) is 9.60. The van der Waals surface area contributed by atoms with Gasteiger partial charge in [0.2, 0.25) is 0 Å². The predicted molar refractivity (Wildman–Crippen MR) is 69.9 cm³/mol. The van der Waals surface area contributed by atoms with Crippen LogP contribution >= 0.6 is 0 Å². The van der Waals surface area contributed by atoms with Crippen LogP contribution in [0.4, 0.5) is 0 Å². The molecule has 0 rings (SSSR count). The van der Waals surface area contributed by atoms with Gasteiger partial charge in [0.25, 0.3) is 0 Å². The number of carbonyl (C=O) groups excluding carboxylic acids is 1. The zero-order valence-corrected chi connectivity index (χ0v) is 10.4. The van der Waals surface area contributed by atoms with E-state index in [4.69, 9.17) is 0 Å². The molecule has 0 amide bonds. The molecule has 0 aliphatic carbocycles. The Balaban J connectivity index is 4.03. The molecule has 0 aliphatic rings. The fraction of sp³-hybridized carbons (Fsp3) is 0.267. The van der Waals surface area contributed by atoms with E-state index in [0.29, 0.717) is 0 Å². The number of hydrogen-bond donors (Lipinski definition) is 1. The van der Waals surface area contributed by atoms with Gasteiger partial charge in [0.05, 0.1) is 0 Å². The zero-order valence-electron chi connectivity index (χ0n) is 10.4. The van der Waals surface area contributed by atoms with Gasteiger partial charge in [-0.1, -0.05) is 17.9 Å². The molecule has 3 nitrogen and oxygen atoms in total. The van der Waals surface area contributed by atoms with E-state index >= 15 is 0 Å². The predicted octanol–water partition coefficient (Wildman–Crippen LogP) is 1.05. The number of hydrogen-bond acceptors (Lipinski definition) is 3. The van der Waals surface area contributed by atoms with E-state index in [2.05, 4.69) is 40.3 Å². The molecule has 0 saturated heterocycles. The molecule has 0 aliphatic heterocycles. The molecule has 0 aromatic heterocycles. The Labute approximate surface area is 108 Å². The SMILES string of the molecule is C/C=C/C#CC#CC#C/C=C/[C@H](O)COC(C)=O. The van der Waals surface area contributed by atoms with Crippen molar-refractivity contribution in [3.05, 3.63) is 24.3 Å². The lowest BCUT2D eigenvalue weighted by Crippen LogP contribution is -2.14. The number of allylic oxidation sites excluding steroid dienone is 3. The number of aliphatic hydroxyl groups excluding tert-OH is 1. The van der Waals surface area contributed by atoms with Crippen molar-refractivity contribution in [3.8, 4) is 35.5 Å². The van der Waals surface area contributed by atoms with Crippen LogP contribution in [0.25, 0.3) is 0 Å². The Morgan fingerprint density at radius 2 is 1.83 bits per heavy atom. The molecule has 1 atom stereocenters. The maximum absolute atomic E-state index is 10.5. The highest BCUT2D eigenvalue weighted by Crippen LogP contribution is 1.88. The third-order valence-electron chi connectivity index (χ3n) is 1.44. The van der Waals surface area contributed by atoms with Crippen LogP contribution < -0.4 is 0 Å². The molecule has 0 unspecified atom stereocenters. The van der Waals surface area contributed by atoms with E-state index in [1.165, 1.54) is 19.1 Å². The first-order chi connectivity index (χ1) is 8.66. The van der Waals surface area contributed by atoms with Gasteiger partial charge in [0.15, 0.2) is 0 Å². The van der Waals surface area contributed by atoms with E-state index in [-0.39, 0.29) is 6.61 Å². The van der Waals surface area contributed by atoms with E-state index in [1.54, 1.807) is 6.08 Å². The quantitative estimate of drug-likeness (QED) is 0.594. The molecule has 0 aromatic rings. The largest absolute Gasteiger partial charge is 0.463 e. The molecular weight excluding hydrogens is 228 g/mol. The highest BCUT2D eigenvalue weighted by Gasteiger charge is 1.99. The van der Waals surface area contributed by atoms with Crippen molar-refractivity contribution in [3.63, 3.8) is 0 Å². The highest BCUT2D eigenvalue weighted by molar-refractivity contribution is 5.65. The van der Waals surface area contributed by atoms with Crippen LogP contribution in [-0.4, -0.2) is 23.8 Å². The molecule has 1 N–H and O–H groups in total. The number of carbonyl (C=O) groups is 1. The zero-order chi connectivity index (χ0) is 13.6. The lowest BCUT2D eigenvalue weighted by atomic mass is 10.3.